The third kappa shape index (κ3) is 4.43. The molecule has 1 saturated heterocycles. The second kappa shape index (κ2) is 8.51. The number of hydrogen-bond donors (Lipinski definition) is 1. The maximum atomic E-state index is 12.7. The van der Waals surface area contributed by atoms with Crippen LogP contribution >= 0.6 is 11.3 Å². The molecule has 0 radical (unpaired) electrons. The summed E-state index contributed by atoms with van der Waals surface area (Å²) in [6.45, 7) is 7.47. The molecule has 1 N–H and O–H groups in total. The summed E-state index contributed by atoms with van der Waals surface area (Å²) >= 11 is 1.42. The van der Waals surface area contributed by atoms with Gasteiger partial charge in [0.15, 0.2) is 5.76 Å². The van der Waals surface area contributed by atoms with Gasteiger partial charge in [-0.3, -0.25) is 10.1 Å². The number of likely N-dealkylation sites (tertiary alicyclic amines) is 1. The number of anilines is 1. The van der Waals surface area contributed by atoms with Gasteiger partial charge in [0, 0.05) is 23.9 Å². The van der Waals surface area contributed by atoms with Gasteiger partial charge < -0.3 is 14.1 Å². The zero-order valence-electron chi connectivity index (χ0n) is 17.0. The maximum Gasteiger partial charge on any atom is 0.293 e. The number of nitrogens with one attached hydrogen (secondary N) is 1. The van der Waals surface area contributed by atoms with Gasteiger partial charge in [0.2, 0.25) is 5.13 Å². The number of rotatable bonds is 6. The van der Waals surface area contributed by atoms with Gasteiger partial charge in [-0.2, -0.15) is 0 Å². The molecule has 1 amide bonds. The van der Waals surface area contributed by atoms with Gasteiger partial charge in [0.25, 0.3) is 5.91 Å². The number of amides is 1. The van der Waals surface area contributed by atoms with E-state index in [9.17, 15) is 4.79 Å². The molecule has 0 aliphatic carbocycles. The lowest BCUT2D eigenvalue weighted by Gasteiger charge is -2.29. The van der Waals surface area contributed by atoms with Crippen LogP contribution in [0.25, 0.3) is 11.0 Å². The van der Waals surface area contributed by atoms with Crippen molar-refractivity contribution in [1.29, 1.82) is 0 Å². The topological polar surface area (TPSA) is 80.5 Å². The van der Waals surface area contributed by atoms with Gasteiger partial charge in [-0.25, -0.2) is 0 Å². The van der Waals surface area contributed by atoms with E-state index in [0.29, 0.717) is 10.7 Å². The van der Waals surface area contributed by atoms with Crippen LogP contribution in [-0.2, 0) is 6.42 Å². The molecular weight excluding hydrogens is 388 g/mol. The van der Waals surface area contributed by atoms with Crippen molar-refractivity contribution in [2.45, 2.75) is 33.1 Å². The Morgan fingerprint density at radius 1 is 1.34 bits per heavy atom. The number of aryl methyl sites for hydroxylation is 1. The normalized spacial score (nSPS) is 15.7. The van der Waals surface area contributed by atoms with E-state index in [2.05, 4.69) is 27.3 Å². The molecule has 0 unspecified atom stereocenters. The third-order valence-electron chi connectivity index (χ3n) is 5.56. The third-order valence-corrected chi connectivity index (χ3v) is 6.45. The summed E-state index contributed by atoms with van der Waals surface area (Å²) in [7, 11) is 1.61. The second-order valence-corrected chi connectivity index (χ2v) is 8.71. The van der Waals surface area contributed by atoms with E-state index in [1.54, 1.807) is 7.11 Å². The number of benzene rings is 1. The first-order chi connectivity index (χ1) is 14.0. The van der Waals surface area contributed by atoms with Crippen LogP contribution in [0.3, 0.4) is 0 Å². The molecule has 1 aliphatic rings. The lowest BCUT2D eigenvalue weighted by Crippen LogP contribution is -2.34. The molecule has 1 fully saturated rings. The Bertz CT molecular complexity index is 1000. The average Bonchev–Trinajstić information content (AvgIpc) is 3.31. The summed E-state index contributed by atoms with van der Waals surface area (Å²) in [6, 6.07) is 5.49. The second-order valence-electron chi connectivity index (χ2n) is 7.65. The number of carbonyl (C=O) groups excluding carboxylic acids is 1. The molecular formula is C21H26N4O3S. The van der Waals surface area contributed by atoms with Crippen LogP contribution in [-0.4, -0.2) is 47.7 Å². The Morgan fingerprint density at radius 2 is 2.14 bits per heavy atom. The molecule has 0 atom stereocenters. The Balaban J connectivity index is 1.39. The molecule has 8 heteroatoms. The van der Waals surface area contributed by atoms with E-state index in [0.717, 1.165) is 53.7 Å². The van der Waals surface area contributed by atoms with Gasteiger partial charge >= 0.3 is 0 Å². The van der Waals surface area contributed by atoms with Crippen molar-refractivity contribution in [3.63, 3.8) is 0 Å². The smallest absolute Gasteiger partial charge is 0.293 e. The molecule has 0 saturated carbocycles. The number of methoxy groups -OCH3 is 1. The van der Waals surface area contributed by atoms with Crippen molar-refractivity contribution < 1.29 is 13.9 Å². The number of furan rings is 1. The fourth-order valence-corrected chi connectivity index (χ4v) is 4.37. The van der Waals surface area contributed by atoms with Crippen LogP contribution in [0.4, 0.5) is 5.13 Å². The number of aromatic nitrogens is 2. The number of piperidine rings is 1. The zero-order valence-corrected chi connectivity index (χ0v) is 17.8. The van der Waals surface area contributed by atoms with E-state index in [4.69, 9.17) is 9.15 Å². The molecule has 4 rings (SSSR count). The summed E-state index contributed by atoms with van der Waals surface area (Å²) in [6.07, 6.45) is 3.38. The van der Waals surface area contributed by atoms with Crippen molar-refractivity contribution in [3.8, 4) is 5.75 Å². The van der Waals surface area contributed by atoms with Crippen molar-refractivity contribution in [2.24, 2.45) is 5.92 Å². The number of nitrogens with zero attached hydrogens (tertiary/aromatic N) is 3. The van der Waals surface area contributed by atoms with Gasteiger partial charge in [-0.05, 0) is 57.0 Å². The Labute approximate surface area is 174 Å². The fourth-order valence-electron chi connectivity index (χ4n) is 3.64. The molecule has 7 nitrogen and oxygen atoms in total. The van der Waals surface area contributed by atoms with Gasteiger partial charge in [0.05, 0.1) is 7.11 Å². The Hall–Kier alpha value is -2.45. The van der Waals surface area contributed by atoms with Crippen molar-refractivity contribution >= 4 is 33.3 Å². The van der Waals surface area contributed by atoms with Crippen LogP contribution in [0, 0.1) is 12.8 Å². The molecule has 1 aliphatic heterocycles. The number of hydrogen-bond acceptors (Lipinski definition) is 7. The number of carbonyl (C=O) groups is 1. The molecule has 3 heterocycles. The van der Waals surface area contributed by atoms with E-state index >= 15 is 0 Å². The molecule has 154 valence electrons. The predicted octanol–water partition coefficient (Wildman–Crippen LogP) is 4.13. The predicted molar refractivity (Wildman–Crippen MR) is 114 cm³/mol. The Kier molecular flexibility index (Phi) is 5.82. The van der Waals surface area contributed by atoms with Crippen LogP contribution < -0.4 is 10.1 Å². The zero-order chi connectivity index (χ0) is 20.4. The van der Waals surface area contributed by atoms with E-state index in [-0.39, 0.29) is 11.7 Å². The molecule has 1 aromatic carbocycles. The first-order valence-corrected chi connectivity index (χ1v) is 10.8. The van der Waals surface area contributed by atoms with Crippen LogP contribution in [0.5, 0.6) is 5.75 Å². The highest BCUT2D eigenvalue weighted by Crippen LogP contribution is 2.29. The van der Waals surface area contributed by atoms with Crippen LogP contribution in [0.1, 0.15) is 40.9 Å². The molecule has 3 aromatic rings. The van der Waals surface area contributed by atoms with E-state index in [1.807, 2.05) is 25.1 Å². The van der Waals surface area contributed by atoms with E-state index < -0.39 is 0 Å². The fraction of sp³-hybridized carbons (Fsp3) is 0.476. The van der Waals surface area contributed by atoms with Crippen molar-refractivity contribution in [3.05, 3.63) is 34.5 Å². The maximum absolute atomic E-state index is 12.7. The summed E-state index contributed by atoms with van der Waals surface area (Å²) in [5.41, 5.74) is 1.43. The standard InChI is InChI=1S/C21H26N4O3S/c1-13-6-9-25(10-7-13)11-8-18-23-24-21(29-18)22-20(26)19-14(2)16-12-15(27-3)4-5-17(16)28-19/h4-5,12-13H,6-11H2,1-3H3,(H,22,24,26). The number of ether oxygens (including phenoxy) is 1. The minimum Gasteiger partial charge on any atom is -0.497 e. The highest BCUT2D eigenvalue weighted by molar-refractivity contribution is 7.15. The largest absolute Gasteiger partial charge is 0.497 e. The van der Waals surface area contributed by atoms with E-state index in [1.165, 1.54) is 24.2 Å². The lowest BCUT2D eigenvalue weighted by atomic mass is 9.99. The summed E-state index contributed by atoms with van der Waals surface area (Å²) in [5.74, 6) is 1.53. The van der Waals surface area contributed by atoms with Crippen LogP contribution in [0.15, 0.2) is 22.6 Å². The highest BCUT2D eigenvalue weighted by atomic mass is 32.1. The molecule has 29 heavy (non-hydrogen) atoms. The first kappa shape index (κ1) is 19.8. The monoisotopic (exact) mass is 414 g/mol. The van der Waals surface area contributed by atoms with Crippen molar-refractivity contribution in [2.75, 3.05) is 32.1 Å². The van der Waals surface area contributed by atoms with Crippen molar-refractivity contribution in [1.82, 2.24) is 15.1 Å². The SMILES string of the molecule is COc1ccc2oc(C(=O)Nc3nnc(CCN4CCC(C)CC4)s3)c(C)c2c1. The minimum absolute atomic E-state index is 0.285. The molecule has 2 aromatic heterocycles. The lowest BCUT2D eigenvalue weighted by molar-refractivity contribution is 0.0998. The summed E-state index contributed by atoms with van der Waals surface area (Å²) < 4.78 is 11.0. The molecule has 0 bridgehead atoms. The summed E-state index contributed by atoms with van der Waals surface area (Å²) in [5, 5.41) is 13.5. The molecule has 0 spiro atoms. The van der Waals surface area contributed by atoms with Crippen LogP contribution in [0.2, 0.25) is 0 Å². The average molecular weight is 415 g/mol. The highest BCUT2D eigenvalue weighted by Gasteiger charge is 2.20. The van der Waals surface area contributed by atoms with Gasteiger partial charge in [0.1, 0.15) is 16.3 Å². The Morgan fingerprint density at radius 3 is 2.90 bits per heavy atom. The minimum atomic E-state index is -0.314. The summed E-state index contributed by atoms with van der Waals surface area (Å²) in [4.78, 5) is 15.2. The van der Waals surface area contributed by atoms with Gasteiger partial charge in [-0.1, -0.05) is 18.3 Å². The number of fused-ring (bicyclic) bond motifs is 1. The first-order valence-electron chi connectivity index (χ1n) is 9.96. The quantitative estimate of drug-likeness (QED) is 0.653. The van der Waals surface area contributed by atoms with Gasteiger partial charge in [-0.15, -0.1) is 10.2 Å².